The summed E-state index contributed by atoms with van der Waals surface area (Å²) in [7, 11) is 0. The molecule has 2 nitrogen and oxygen atoms in total. The van der Waals surface area contributed by atoms with Gasteiger partial charge in [-0.25, -0.2) is 0 Å². The van der Waals surface area contributed by atoms with Crippen LogP contribution in [0.5, 0.6) is 0 Å². The highest BCUT2D eigenvalue weighted by Crippen LogP contribution is 2.10. The van der Waals surface area contributed by atoms with E-state index in [-0.39, 0.29) is 6.10 Å². The summed E-state index contributed by atoms with van der Waals surface area (Å²) in [6, 6.07) is 0. The first-order valence-corrected chi connectivity index (χ1v) is 8.58. The van der Waals surface area contributed by atoms with Gasteiger partial charge in [-0.1, -0.05) is 64.0 Å². The fraction of sp³-hybridized carbons (Fsp3) is 0.833. The second kappa shape index (κ2) is 16.4. The summed E-state index contributed by atoms with van der Waals surface area (Å²) in [5.74, 6) is 0. The lowest BCUT2D eigenvalue weighted by Gasteiger charge is -2.07. The topological polar surface area (TPSA) is 37.3 Å². The van der Waals surface area contributed by atoms with E-state index in [0.29, 0.717) is 0 Å². The molecular formula is C18H34O2. The molecule has 0 aliphatic heterocycles. The minimum Gasteiger partial charge on any atom is -0.393 e. The Kier molecular flexibility index (Phi) is 15.9. The summed E-state index contributed by atoms with van der Waals surface area (Å²) < 4.78 is 0. The number of rotatable bonds is 15. The monoisotopic (exact) mass is 282 g/mol. The summed E-state index contributed by atoms with van der Waals surface area (Å²) in [5, 5.41) is 9.79. The lowest BCUT2D eigenvalue weighted by Crippen LogP contribution is -2.04. The van der Waals surface area contributed by atoms with E-state index in [1.807, 2.05) is 0 Å². The lowest BCUT2D eigenvalue weighted by molar-refractivity contribution is -0.107. The molecule has 0 bridgehead atoms. The van der Waals surface area contributed by atoms with E-state index in [0.717, 1.165) is 44.8 Å². The van der Waals surface area contributed by atoms with E-state index in [1.165, 1.54) is 44.9 Å². The standard InChI is InChI=1S/C18H34O2/c1-2-3-4-12-15-18(20)16-13-10-8-6-5-7-9-11-14-17-19/h10,13,17-18,20H,2-9,11-12,14-16H2,1H3/b13-10+. The number of aldehydes is 1. The smallest absolute Gasteiger partial charge is 0.119 e. The summed E-state index contributed by atoms with van der Waals surface area (Å²) in [5.41, 5.74) is 0. The predicted molar refractivity (Wildman–Crippen MR) is 86.9 cm³/mol. The van der Waals surface area contributed by atoms with Crippen LogP contribution in [-0.2, 0) is 4.79 Å². The van der Waals surface area contributed by atoms with Crippen molar-refractivity contribution in [1.29, 1.82) is 0 Å². The van der Waals surface area contributed by atoms with Crippen LogP contribution in [0.4, 0.5) is 0 Å². The molecule has 1 N–H and O–H groups in total. The molecule has 20 heavy (non-hydrogen) atoms. The number of unbranched alkanes of at least 4 members (excludes halogenated alkanes) is 9. The van der Waals surface area contributed by atoms with Crippen molar-refractivity contribution in [3.8, 4) is 0 Å². The summed E-state index contributed by atoms with van der Waals surface area (Å²) in [6.07, 6.45) is 19.7. The van der Waals surface area contributed by atoms with E-state index in [9.17, 15) is 9.90 Å². The first-order chi connectivity index (χ1) is 9.81. The van der Waals surface area contributed by atoms with Gasteiger partial charge in [-0.15, -0.1) is 0 Å². The number of aliphatic hydroxyl groups excluding tert-OH is 1. The molecule has 0 aromatic heterocycles. The Morgan fingerprint density at radius 1 is 0.850 bits per heavy atom. The van der Waals surface area contributed by atoms with Crippen molar-refractivity contribution in [2.24, 2.45) is 0 Å². The maximum Gasteiger partial charge on any atom is 0.119 e. The van der Waals surface area contributed by atoms with Gasteiger partial charge < -0.3 is 9.90 Å². The summed E-state index contributed by atoms with van der Waals surface area (Å²) in [6.45, 7) is 2.21. The van der Waals surface area contributed by atoms with E-state index in [1.54, 1.807) is 0 Å². The molecule has 0 amide bonds. The molecule has 1 unspecified atom stereocenters. The average Bonchev–Trinajstić information content (AvgIpc) is 2.45. The van der Waals surface area contributed by atoms with Gasteiger partial charge in [-0.05, 0) is 32.1 Å². The molecule has 0 aliphatic rings. The Bertz CT molecular complexity index is 223. The predicted octanol–water partition coefficient (Wildman–Crippen LogP) is 5.19. The van der Waals surface area contributed by atoms with Crippen LogP contribution in [-0.4, -0.2) is 17.5 Å². The molecule has 0 saturated carbocycles. The Balaban J connectivity index is 3.23. The number of hydrogen-bond donors (Lipinski definition) is 1. The molecule has 0 aromatic carbocycles. The molecule has 0 aromatic rings. The third-order valence-corrected chi connectivity index (χ3v) is 3.66. The number of aliphatic hydroxyl groups is 1. The largest absolute Gasteiger partial charge is 0.393 e. The van der Waals surface area contributed by atoms with Crippen LogP contribution < -0.4 is 0 Å². The number of hydrogen-bond acceptors (Lipinski definition) is 2. The van der Waals surface area contributed by atoms with E-state index < -0.39 is 0 Å². The Morgan fingerprint density at radius 2 is 1.50 bits per heavy atom. The van der Waals surface area contributed by atoms with Crippen molar-refractivity contribution in [2.45, 2.75) is 96.5 Å². The van der Waals surface area contributed by atoms with Crippen LogP contribution in [0, 0.1) is 0 Å². The van der Waals surface area contributed by atoms with Gasteiger partial charge in [-0.2, -0.15) is 0 Å². The van der Waals surface area contributed by atoms with Gasteiger partial charge in [0.25, 0.3) is 0 Å². The highest BCUT2D eigenvalue weighted by Gasteiger charge is 2.00. The third-order valence-electron chi connectivity index (χ3n) is 3.66. The molecule has 0 rings (SSSR count). The quantitative estimate of drug-likeness (QED) is 0.255. The minimum atomic E-state index is -0.147. The van der Waals surface area contributed by atoms with Crippen LogP contribution in [0.3, 0.4) is 0 Å². The first-order valence-electron chi connectivity index (χ1n) is 8.58. The minimum absolute atomic E-state index is 0.147. The molecule has 2 heteroatoms. The molecule has 0 saturated heterocycles. The van der Waals surface area contributed by atoms with Gasteiger partial charge in [0.1, 0.15) is 6.29 Å². The van der Waals surface area contributed by atoms with Gasteiger partial charge in [0, 0.05) is 6.42 Å². The van der Waals surface area contributed by atoms with Crippen molar-refractivity contribution in [1.82, 2.24) is 0 Å². The molecule has 0 radical (unpaired) electrons. The molecule has 0 aliphatic carbocycles. The van der Waals surface area contributed by atoms with Crippen molar-refractivity contribution in [3.05, 3.63) is 12.2 Å². The van der Waals surface area contributed by atoms with Gasteiger partial charge in [0.15, 0.2) is 0 Å². The van der Waals surface area contributed by atoms with Crippen LogP contribution in [0.25, 0.3) is 0 Å². The van der Waals surface area contributed by atoms with E-state index in [4.69, 9.17) is 0 Å². The van der Waals surface area contributed by atoms with Crippen molar-refractivity contribution in [3.63, 3.8) is 0 Å². The molecule has 118 valence electrons. The number of carbonyl (C=O) groups is 1. The highest BCUT2D eigenvalue weighted by atomic mass is 16.3. The maximum absolute atomic E-state index is 10.1. The fourth-order valence-electron chi connectivity index (χ4n) is 2.32. The van der Waals surface area contributed by atoms with Crippen LogP contribution in [0.2, 0.25) is 0 Å². The van der Waals surface area contributed by atoms with Gasteiger partial charge in [0.05, 0.1) is 6.10 Å². The Morgan fingerprint density at radius 3 is 2.20 bits per heavy atom. The molecule has 0 fully saturated rings. The van der Waals surface area contributed by atoms with Crippen molar-refractivity contribution in [2.75, 3.05) is 0 Å². The van der Waals surface area contributed by atoms with Gasteiger partial charge >= 0.3 is 0 Å². The first kappa shape index (κ1) is 19.4. The van der Waals surface area contributed by atoms with Crippen LogP contribution in [0.15, 0.2) is 12.2 Å². The number of carbonyl (C=O) groups excluding carboxylic acids is 1. The zero-order valence-electron chi connectivity index (χ0n) is 13.4. The zero-order valence-corrected chi connectivity index (χ0v) is 13.4. The maximum atomic E-state index is 10.1. The lowest BCUT2D eigenvalue weighted by atomic mass is 10.1. The van der Waals surface area contributed by atoms with Gasteiger partial charge in [0.2, 0.25) is 0 Å². The molecule has 0 heterocycles. The Labute approximate surface area is 125 Å². The molecule has 0 spiro atoms. The third kappa shape index (κ3) is 15.4. The average molecular weight is 282 g/mol. The zero-order chi connectivity index (χ0) is 14.9. The Hall–Kier alpha value is -0.630. The summed E-state index contributed by atoms with van der Waals surface area (Å²) in [4.78, 5) is 10.1. The van der Waals surface area contributed by atoms with Crippen molar-refractivity contribution >= 4 is 6.29 Å². The second-order valence-corrected chi connectivity index (χ2v) is 5.72. The van der Waals surface area contributed by atoms with E-state index >= 15 is 0 Å². The number of allylic oxidation sites excluding steroid dienone is 1. The van der Waals surface area contributed by atoms with Crippen molar-refractivity contribution < 1.29 is 9.90 Å². The molecule has 1 atom stereocenters. The van der Waals surface area contributed by atoms with Gasteiger partial charge in [-0.3, -0.25) is 0 Å². The normalized spacial score (nSPS) is 12.9. The molecular weight excluding hydrogens is 248 g/mol. The second-order valence-electron chi connectivity index (χ2n) is 5.72. The summed E-state index contributed by atoms with van der Waals surface area (Å²) >= 11 is 0. The SMILES string of the molecule is CCCCCCC(O)C/C=C/CCCCCCCC=O. The fourth-order valence-corrected chi connectivity index (χ4v) is 2.32. The highest BCUT2D eigenvalue weighted by molar-refractivity contribution is 5.48. The van der Waals surface area contributed by atoms with Crippen LogP contribution in [0.1, 0.15) is 90.4 Å². The van der Waals surface area contributed by atoms with Crippen LogP contribution >= 0.6 is 0 Å². The van der Waals surface area contributed by atoms with E-state index in [2.05, 4.69) is 19.1 Å².